The van der Waals surface area contributed by atoms with Gasteiger partial charge in [-0.15, -0.1) is 0 Å². The first-order chi connectivity index (χ1) is 7.61. The fourth-order valence-corrected chi connectivity index (χ4v) is 2.73. The SMILES string of the molecule is CCc1ccc2c(c1)CC(C(C)C(C)N)C2. The molecule has 1 aromatic carbocycles. The van der Waals surface area contributed by atoms with Gasteiger partial charge in [0.15, 0.2) is 0 Å². The Morgan fingerprint density at radius 1 is 1.25 bits per heavy atom. The lowest BCUT2D eigenvalue weighted by molar-refractivity contribution is 0.327. The number of benzene rings is 1. The molecule has 3 atom stereocenters. The van der Waals surface area contributed by atoms with Crippen molar-refractivity contribution in [2.75, 3.05) is 0 Å². The van der Waals surface area contributed by atoms with E-state index in [1.165, 1.54) is 18.4 Å². The monoisotopic (exact) mass is 217 g/mol. The average molecular weight is 217 g/mol. The van der Waals surface area contributed by atoms with Crippen LogP contribution in [-0.2, 0) is 19.3 Å². The third-order valence-electron chi connectivity index (χ3n) is 4.22. The number of nitrogens with two attached hydrogens (primary N) is 1. The second-order valence-corrected chi connectivity index (χ2v) is 5.34. The molecule has 0 aromatic heterocycles. The van der Waals surface area contributed by atoms with Gasteiger partial charge in [0.2, 0.25) is 0 Å². The first-order valence-electron chi connectivity index (χ1n) is 6.48. The Labute approximate surface area is 99.0 Å². The Kier molecular flexibility index (Phi) is 3.34. The molecular formula is C15H23N. The predicted molar refractivity (Wildman–Crippen MR) is 69.5 cm³/mol. The molecule has 0 aliphatic heterocycles. The summed E-state index contributed by atoms with van der Waals surface area (Å²) in [5, 5.41) is 0. The summed E-state index contributed by atoms with van der Waals surface area (Å²) in [4.78, 5) is 0. The Bertz CT molecular complexity index is 368. The highest BCUT2D eigenvalue weighted by Gasteiger charge is 2.27. The molecule has 1 aliphatic carbocycles. The Morgan fingerprint density at radius 3 is 2.56 bits per heavy atom. The zero-order chi connectivity index (χ0) is 11.7. The van der Waals surface area contributed by atoms with Crippen LogP contribution in [-0.4, -0.2) is 6.04 Å². The van der Waals surface area contributed by atoms with Crippen molar-refractivity contribution < 1.29 is 0 Å². The van der Waals surface area contributed by atoms with Crippen molar-refractivity contribution in [2.45, 2.75) is 46.1 Å². The van der Waals surface area contributed by atoms with Crippen LogP contribution in [0.15, 0.2) is 18.2 Å². The zero-order valence-electron chi connectivity index (χ0n) is 10.7. The summed E-state index contributed by atoms with van der Waals surface area (Å²) in [6.45, 7) is 6.64. The summed E-state index contributed by atoms with van der Waals surface area (Å²) >= 11 is 0. The lowest BCUT2D eigenvalue weighted by Gasteiger charge is -2.22. The number of hydrogen-bond acceptors (Lipinski definition) is 1. The lowest BCUT2D eigenvalue weighted by atomic mass is 9.87. The quantitative estimate of drug-likeness (QED) is 0.827. The normalized spacial score (nSPS) is 22.9. The molecule has 0 spiro atoms. The van der Waals surface area contributed by atoms with Crippen molar-refractivity contribution in [2.24, 2.45) is 17.6 Å². The minimum absolute atomic E-state index is 0.310. The summed E-state index contributed by atoms with van der Waals surface area (Å²) in [6.07, 6.45) is 3.59. The molecule has 2 N–H and O–H groups in total. The maximum Gasteiger partial charge on any atom is 0.00389 e. The second kappa shape index (κ2) is 4.58. The third kappa shape index (κ3) is 2.15. The molecule has 88 valence electrons. The smallest absolute Gasteiger partial charge is 0.00389 e. The van der Waals surface area contributed by atoms with E-state index in [1.807, 2.05) is 0 Å². The molecule has 1 aliphatic rings. The van der Waals surface area contributed by atoms with E-state index < -0.39 is 0 Å². The minimum Gasteiger partial charge on any atom is -0.328 e. The minimum atomic E-state index is 0.310. The van der Waals surface area contributed by atoms with Crippen molar-refractivity contribution in [3.63, 3.8) is 0 Å². The standard InChI is InChI=1S/C15H23N/c1-4-12-5-6-13-8-14(9-15(13)7-12)10(2)11(3)16/h5-7,10-11,14H,4,8-9,16H2,1-3H3. The average Bonchev–Trinajstić information content (AvgIpc) is 2.69. The van der Waals surface area contributed by atoms with Crippen LogP contribution >= 0.6 is 0 Å². The van der Waals surface area contributed by atoms with Gasteiger partial charge in [0.1, 0.15) is 0 Å². The Morgan fingerprint density at radius 2 is 1.94 bits per heavy atom. The van der Waals surface area contributed by atoms with Gasteiger partial charge in [-0.3, -0.25) is 0 Å². The van der Waals surface area contributed by atoms with Crippen LogP contribution in [0, 0.1) is 11.8 Å². The van der Waals surface area contributed by atoms with E-state index in [0.29, 0.717) is 12.0 Å². The summed E-state index contributed by atoms with van der Waals surface area (Å²) in [6, 6.07) is 7.30. The van der Waals surface area contributed by atoms with Crippen LogP contribution in [0.2, 0.25) is 0 Å². The van der Waals surface area contributed by atoms with Crippen molar-refractivity contribution in [3.8, 4) is 0 Å². The van der Waals surface area contributed by atoms with E-state index in [0.717, 1.165) is 12.3 Å². The molecule has 0 saturated heterocycles. The number of fused-ring (bicyclic) bond motifs is 1. The van der Waals surface area contributed by atoms with Gasteiger partial charge in [0.05, 0.1) is 0 Å². The first-order valence-corrected chi connectivity index (χ1v) is 6.48. The van der Waals surface area contributed by atoms with Crippen LogP contribution in [0.5, 0.6) is 0 Å². The van der Waals surface area contributed by atoms with E-state index in [4.69, 9.17) is 5.73 Å². The Balaban J connectivity index is 2.14. The Hall–Kier alpha value is -0.820. The molecule has 16 heavy (non-hydrogen) atoms. The molecular weight excluding hydrogens is 194 g/mol. The molecule has 1 nitrogen and oxygen atoms in total. The highest BCUT2D eigenvalue weighted by molar-refractivity contribution is 5.36. The molecule has 0 saturated carbocycles. The molecule has 0 heterocycles. The fourth-order valence-electron chi connectivity index (χ4n) is 2.73. The van der Waals surface area contributed by atoms with Crippen molar-refractivity contribution >= 4 is 0 Å². The van der Waals surface area contributed by atoms with E-state index in [1.54, 1.807) is 11.1 Å². The van der Waals surface area contributed by atoms with Gasteiger partial charge >= 0.3 is 0 Å². The van der Waals surface area contributed by atoms with Crippen LogP contribution in [0.3, 0.4) is 0 Å². The highest BCUT2D eigenvalue weighted by Crippen LogP contribution is 2.33. The predicted octanol–water partition coefficient (Wildman–Crippen LogP) is 2.95. The molecule has 1 aromatic rings. The number of hydrogen-bond donors (Lipinski definition) is 1. The van der Waals surface area contributed by atoms with Gasteiger partial charge in [-0.2, -0.15) is 0 Å². The summed E-state index contributed by atoms with van der Waals surface area (Å²) in [7, 11) is 0. The molecule has 0 fully saturated rings. The van der Waals surface area contributed by atoms with Gasteiger partial charge < -0.3 is 5.73 Å². The number of rotatable bonds is 3. The van der Waals surface area contributed by atoms with Gasteiger partial charge in [-0.1, -0.05) is 32.0 Å². The lowest BCUT2D eigenvalue weighted by Crippen LogP contribution is -2.30. The van der Waals surface area contributed by atoms with Crippen LogP contribution < -0.4 is 5.73 Å². The molecule has 1 heteroatoms. The van der Waals surface area contributed by atoms with Crippen LogP contribution in [0.1, 0.15) is 37.5 Å². The summed E-state index contributed by atoms with van der Waals surface area (Å²) in [5.74, 6) is 1.37. The van der Waals surface area contributed by atoms with Gasteiger partial charge in [-0.05, 0) is 54.7 Å². The van der Waals surface area contributed by atoms with E-state index in [2.05, 4.69) is 39.0 Å². The fraction of sp³-hybridized carbons (Fsp3) is 0.600. The van der Waals surface area contributed by atoms with E-state index in [9.17, 15) is 0 Å². The first kappa shape index (κ1) is 11.7. The third-order valence-corrected chi connectivity index (χ3v) is 4.22. The second-order valence-electron chi connectivity index (χ2n) is 5.34. The molecule has 0 bridgehead atoms. The van der Waals surface area contributed by atoms with E-state index >= 15 is 0 Å². The molecule has 2 rings (SSSR count). The number of aryl methyl sites for hydroxylation is 1. The summed E-state index contributed by atoms with van der Waals surface area (Å²) < 4.78 is 0. The van der Waals surface area contributed by atoms with Crippen molar-refractivity contribution in [1.29, 1.82) is 0 Å². The van der Waals surface area contributed by atoms with Gasteiger partial charge in [-0.25, -0.2) is 0 Å². The van der Waals surface area contributed by atoms with Gasteiger partial charge in [0.25, 0.3) is 0 Å². The molecule has 3 unspecified atom stereocenters. The van der Waals surface area contributed by atoms with Gasteiger partial charge in [0, 0.05) is 6.04 Å². The maximum atomic E-state index is 6.01. The largest absolute Gasteiger partial charge is 0.328 e. The van der Waals surface area contributed by atoms with Crippen LogP contribution in [0.25, 0.3) is 0 Å². The highest BCUT2D eigenvalue weighted by atomic mass is 14.6. The van der Waals surface area contributed by atoms with Crippen molar-refractivity contribution in [1.82, 2.24) is 0 Å². The van der Waals surface area contributed by atoms with Crippen molar-refractivity contribution in [3.05, 3.63) is 34.9 Å². The topological polar surface area (TPSA) is 26.0 Å². The van der Waals surface area contributed by atoms with E-state index in [-0.39, 0.29) is 0 Å². The van der Waals surface area contributed by atoms with Crippen LogP contribution in [0.4, 0.5) is 0 Å². The summed E-state index contributed by atoms with van der Waals surface area (Å²) in [5.41, 5.74) is 10.6. The molecule has 0 amide bonds. The molecule has 0 radical (unpaired) electrons. The zero-order valence-corrected chi connectivity index (χ0v) is 10.7. The maximum absolute atomic E-state index is 6.01.